The molecule has 0 aliphatic carbocycles. The Morgan fingerprint density at radius 1 is 1.28 bits per heavy atom. The molecule has 1 aliphatic heterocycles. The van der Waals surface area contributed by atoms with E-state index < -0.39 is 0 Å². The number of carbonyl (C=O) groups excluding carboxylic acids is 1. The van der Waals surface area contributed by atoms with Crippen molar-refractivity contribution < 1.29 is 4.79 Å². The molecule has 0 radical (unpaired) electrons. The molecule has 1 atom stereocenters. The highest BCUT2D eigenvalue weighted by molar-refractivity contribution is 5.94. The zero-order valence-corrected chi connectivity index (χ0v) is 15.6. The van der Waals surface area contributed by atoms with Crippen molar-refractivity contribution in [2.45, 2.75) is 39.8 Å². The number of likely N-dealkylation sites (tertiary alicyclic amines) is 1. The van der Waals surface area contributed by atoms with Crippen LogP contribution in [0.4, 0.5) is 0 Å². The summed E-state index contributed by atoms with van der Waals surface area (Å²) in [4.78, 5) is 19.0. The maximum absolute atomic E-state index is 12.7. The van der Waals surface area contributed by atoms with Gasteiger partial charge in [0.05, 0.1) is 0 Å². The number of nitrogens with two attached hydrogens (primary N) is 1. The van der Waals surface area contributed by atoms with Gasteiger partial charge in [0.25, 0.3) is 5.91 Å². The Balaban J connectivity index is 0.00000225. The van der Waals surface area contributed by atoms with Gasteiger partial charge >= 0.3 is 0 Å². The smallest absolute Gasteiger partial charge is 0.253 e. The second-order valence-corrected chi connectivity index (χ2v) is 6.55. The molecular formula is C18H26ClN5O. The average Bonchev–Trinajstić information content (AvgIpc) is 2.92. The van der Waals surface area contributed by atoms with Crippen molar-refractivity contribution in [3.05, 3.63) is 47.0 Å². The lowest BCUT2D eigenvalue weighted by Crippen LogP contribution is -2.41. The fourth-order valence-electron chi connectivity index (χ4n) is 3.34. The normalized spacial score (nSPS) is 17.2. The first-order chi connectivity index (χ1) is 11.6. The molecule has 1 amide bonds. The van der Waals surface area contributed by atoms with Crippen LogP contribution in [0.1, 0.15) is 40.4 Å². The van der Waals surface area contributed by atoms with Crippen molar-refractivity contribution >= 4 is 18.3 Å². The number of hydrogen-bond acceptors (Lipinski definition) is 4. The predicted molar refractivity (Wildman–Crippen MR) is 99.7 cm³/mol. The molecule has 1 aromatic carbocycles. The number of aryl methyl sites for hydroxylation is 2. The van der Waals surface area contributed by atoms with Crippen LogP contribution in [0, 0.1) is 19.8 Å². The predicted octanol–water partition coefficient (Wildman–Crippen LogP) is 2.33. The monoisotopic (exact) mass is 363 g/mol. The van der Waals surface area contributed by atoms with E-state index in [0.717, 1.165) is 55.3 Å². The van der Waals surface area contributed by atoms with Gasteiger partial charge in [-0.05, 0) is 50.3 Å². The number of nitrogens with zero attached hydrogens (tertiary/aromatic N) is 4. The summed E-state index contributed by atoms with van der Waals surface area (Å²) in [6.45, 7) is 6.80. The Bertz CT molecular complexity index is 713. The lowest BCUT2D eigenvalue weighted by molar-refractivity contribution is 0.0659. The van der Waals surface area contributed by atoms with E-state index in [1.54, 1.807) is 0 Å². The second kappa shape index (κ2) is 8.45. The minimum Gasteiger partial charge on any atom is -0.338 e. The van der Waals surface area contributed by atoms with Gasteiger partial charge in [0.2, 0.25) is 0 Å². The van der Waals surface area contributed by atoms with Gasteiger partial charge < -0.3 is 10.6 Å². The quantitative estimate of drug-likeness (QED) is 0.904. The standard InChI is InChI=1S/C18H25N5O.ClH/c1-13-20-14(2)23(21-13)12-16-4-3-9-22(11-16)18(24)17-7-5-15(10-19)6-8-17;/h5-8,16H,3-4,9-12,19H2,1-2H3;1H. The minimum atomic E-state index is 0. The molecule has 0 bridgehead atoms. The molecule has 0 spiro atoms. The maximum atomic E-state index is 12.7. The Labute approximate surface area is 154 Å². The van der Waals surface area contributed by atoms with Crippen LogP contribution in [-0.2, 0) is 13.1 Å². The van der Waals surface area contributed by atoms with Gasteiger partial charge in [-0.25, -0.2) is 9.67 Å². The first kappa shape index (κ1) is 19.4. The lowest BCUT2D eigenvalue weighted by atomic mass is 9.97. The fraction of sp³-hybridized carbons (Fsp3) is 0.500. The topological polar surface area (TPSA) is 77.0 Å². The number of rotatable bonds is 4. The van der Waals surface area contributed by atoms with Crippen molar-refractivity contribution in [1.29, 1.82) is 0 Å². The van der Waals surface area contributed by atoms with Gasteiger partial charge in [0.1, 0.15) is 11.6 Å². The van der Waals surface area contributed by atoms with Gasteiger partial charge in [0.15, 0.2) is 0 Å². The molecule has 2 aromatic rings. The van der Waals surface area contributed by atoms with Gasteiger partial charge in [-0.2, -0.15) is 5.10 Å². The summed E-state index contributed by atoms with van der Waals surface area (Å²) in [6.07, 6.45) is 2.15. The Kier molecular flexibility index (Phi) is 6.56. The number of aromatic nitrogens is 3. The van der Waals surface area contributed by atoms with Gasteiger partial charge in [-0.3, -0.25) is 4.79 Å². The van der Waals surface area contributed by atoms with Crippen LogP contribution in [0.3, 0.4) is 0 Å². The highest BCUT2D eigenvalue weighted by atomic mass is 35.5. The first-order valence-electron chi connectivity index (χ1n) is 8.53. The third-order valence-corrected chi connectivity index (χ3v) is 4.64. The van der Waals surface area contributed by atoms with Crippen LogP contribution >= 0.6 is 12.4 Å². The Morgan fingerprint density at radius 2 is 2.00 bits per heavy atom. The van der Waals surface area contributed by atoms with E-state index in [1.165, 1.54) is 0 Å². The van der Waals surface area contributed by atoms with Gasteiger partial charge in [0, 0.05) is 31.7 Å². The highest BCUT2D eigenvalue weighted by Crippen LogP contribution is 2.20. The number of benzene rings is 1. The van der Waals surface area contributed by atoms with Crippen LogP contribution in [-0.4, -0.2) is 38.7 Å². The number of hydrogen-bond donors (Lipinski definition) is 1. The minimum absolute atomic E-state index is 0. The summed E-state index contributed by atoms with van der Waals surface area (Å²) in [6, 6.07) is 7.60. The van der Waals surface area contributed by atoms with E-state index in [4.69, 9.17) is 5.73 Å². The molecule has 25 heavy (non-hydrogen) atoms. The van der Waals surface area contributed by atoms with Crippen molar-refractivity contribution in [2.75, 3.05) is 13.1 Å². The molecule has 3 rings (SSSR count). The molecule has 136 valence electrons. The first-order valence-corrected chi connectivity index (χ1v) is 8.53. The maximum Gasteiger partial charge on any atom is 0.253 e. The summed E-state index contributed by atoms with van der Waals surface area (Å²) in [5.41, 5.74) is 7.39. The van der Waals surface area contributed by atoms with Crippen molar-refractivity contribution in [2.24, 2.45) is 11.7 Å². The molecule has 2 heterocycles. The van der Waals surface area contributed by atoms with E-state index in [1.807, 2.05) is 47.7 Å². The largest absolute Gasteiger partial charge is 0.338 e. The Morgan fingerprint density at radius 3 is 2.60 bits per heavy atom. The SMILES string of the molecule is Cc1nc(C)n(CC2CCCN(C(=O)c3ccc(CN)cc3)C2)n1.Cl. The molecular weight excluding hydrogens is 338 g/mol. The Hall–Kier alpha value is -1.92. The van der Waals surface area contributed by atoms with Crippen LogP contribution < -0.4 is 5.73 Å². The molecule has 1 aliphatic rings. The van der Waals surface area contributed by atoms with E-state index in [9.17, 15) is 4.79 Å². The summed E-state index contributed by atoms with van der Waals surface area (Å²) in [5, 5.41) is 4.44. The number of piperidine rings is 1. The van der Waals surface area contributed by atoms with E-state index in [0.29, 0.717) is 12.5 Å². The van der Waals surface area contributed by atoms with Crippen LogP contribution in [0.15, 0.2) is 24.3 Å². The summed E-state index contributed by atoms with van der Waals surface area (Å²) in [5.74, 6) is 2.27. The second-order valence-electron chi connectivity index (χ2n) is 6.55. The number of halogens is 1. The van der Waals surface area contributed by atoms with Crippen molar-refractivity contribution in [3.63, 3.8) is 0 Å². The molecule has 1 fully saturated rings. The van der Waals surface area contributed by atoms with E-state index in [-0.39, 0.29) is 18.3 Å². The molecule has 7 heteroatoms. The molecule has 1 saturated heterocycles. The molecule has 1 unspecified atom stereocenters. The summed E-state index contributed by atoms with van der Waals surface area (Å²) in [7, 11) is 0. The van der Waals surface area contributed by atoms with Gasteiger partial charge in [-0.15, -0.1) is 12.4 Å². The molecule has 6 nitrogen and oxygen atoms in total. The summed E-state index contributed by atoms with van der Waals surface area (Å²) >= 11 is 0. The molecule has 1 aromatic heterocycles. The van der Waals surface area contributed by atoms with Gasteiger partial charge in [-0.1, -0.05) is 12.1 Å². The highest BCUT2D eigenvalue weighted by Gasteiger charge is 2.25. The van der Waals surface area contributed by atoms with E-state index >= 15 is 0 Å². The fourth-order valence-corrected chi connectivity index (χ4v) is 3.34. The summed E-state index contributed by atoms with van der Waals surface area (Å²) < 4.78 is 1.96. The van der Waals surface area contributed by atoms with Crippen molar-refractivity contribution in [1.82, 2.24) is 19.7 Å². The average molecular weight is 364 g/mol. The third-order valence-electron chi connectivity index (χ3n) is 4.64. The van der Waals surface area contributed by atoms with Crippen LogP contribution in [0.5, 0.6) is 0 Å². The third kappa shape index (κ3) is 4.58. The lowest BCUT2D eigenvalue weighted by Gasteiger charge is -2.33. The van der Waals surface area contributed by atoms with Crippen LogP contribution in [0.25, 0.3) is 0 Å². The zero-order valence-electron chi connectivity index (χ0n) is 14.8. The van der Waals surface area contributed by atoms with E-state index in [2.05, 4.69) is 10.1 Å². The van der Waals surface area contributed by atoms with Crippen molar-refractivity contribution in [3.8, 4) is 0 Å². The number of carbonyl (C=O) groups is 1. The number of amides is 1. The van der Waals surface area contributed by atoms with Crippen LogP contribution in [0.2, 0.25) is 0 Å². The molecule has 0 saturated carbocycles. The molecule has 2 N–H and O–H groups in total. The zero-order chi connectivity index (χ0) is 17.1.